The van der Waals surface area contributed by atoms with Crippen molar-refractivity contribution >= 4 is 5.91 Å². The van der Waals surface area contributed by atoms with Crippen molar-refractivity contribution in [3.05, 3.63) is 59.5 Å². The molecule has 5 heteroatoms. The highest BCUT2D eigenvalue weighted by atomic mass is 16.3. The molecule has 0 aliphatic heterocycles. The minimum Gasteiger partial charge on any atom is -0.463 e. The van der Waals surface area contributed by atoms with Crippen LogP contribution in [-0.4, -0.2) is 21.7 Å². The van der Waals surface area contributed by atoms with Gasteiger partial charge in [0, 0.05) is 12.1 Å². The topological polar surface area (TPSA) is 60.1 Å². The number of hydrogen-bond acceptors (Lipinski definition) is 3. The van der Waals surface area contributed by atoms with Crippen molar-refractivity contribution in [3.8, 4) is 17.1 Å². The Bertz CT molecular complexity index is 878. The molecular formula is C20H23N3O2. The van der Waals surface area contributed by atoms with Gasteiger partial charge in [0.05, 0.1) is 12.0 Å². The molecule has 5 nitrogen and oxygen atoms in total. The lowest BCUT2D eigenvalue weighted by atomic mass is 10.1. The summed E-state index contributed by atoms with van der Waals surface area (Å²) >= 11 is 0. The molecule has 0 fully saturated rings. The van der Waals surface area contributed by atoms with Gasteiger partial charge in [0.2, 0.25) is 0 Å². The zero-order valence-electron chi connectivity index (χ0n) is 15.0. The van der Waals surface area contributed by atoms with Crippen LogP contribution in [0.2, 0.25) is 0 Å². The van der Waals surface area contributed by atoms with Gasteiger partial charge < -0.3 is 9.73 Å². The molecule has 1 amide bonds. The predicted molar refractivity (Wildman–Crippen MR) is 98.0 cm³/mol. The third-order valence-corrected chi connectivity index (χ3v) is 4.30. The van der Waals surface area contributed by atoms with Crippen LogP contribution in [0, 0.1) is 13.8 Å². The number of aryl methyl sites for hydroxylation is 2. The molecule has 0 aliphatic rings. The first kappa shape index (κ1) is 17.0. The van der Waals surface area contributed by atoms with Crippen LogP contribution < -0.4 is 5.32 Å². The summed E-state index contributed by atoms with van der Waals surface area (Å²) in [5.41, 5.74) is 4.20. The van der Waals surface area contributed by atoms with E-state index in [1.165, 1.54) is 0 Å². The average molecular weight is 337 g/mol. The molecule has 1 aromatic carbocycles. The van der Waals surface area contributed by atoms with E-state index in [1.807, 2.05) is 52.0 Å². The summed E-state index contributed by atoms with van der Waals surface area (Å²) in [6.07, 6.45) is 2.47. The zero-order valence-corrected chi connectivity index (χ0v) is 15.0. The zero-order chi connectivity index (χ0) is 18.0. The molecule has 1 atom stereocenters. The molecule has 0 unspecified atom stereocenters. The number of furan rings is 1. The highest BCUT2D eigenvalue weighted by Crippen LogP contribution is 2.24. The number of carbonyl (C=O) groups is 1. The maximum absolute atomic E-state index is 12.8. The van der Waals surface area contributed by atoms with Gasteiger partial charge in [-0.15, -0.1) is 0 Å². The third-order valence-electron chi connectivity index (χ3n) is 4.30. The quantitative estimate of drug-likeness (QED) is 0.756. The smallest absolute Gasteiger partial charge is 0.270 e. The number of hydrogen-bond donors (Lipinski definition) is 1. The lowest BCUT2D eigenvalue weighted by molar-refractivity contribution is 0.0931. The second kappa shape index (κ2) is 6.97. The van der Waals surface area contributed by atoms with Crippen LogP contribution in [0.4, 0.5) is 0 Å². The Morgan fingerprint density at radius 1 is 1.28 bits per heavy atom. The summed E-state index contributed by atoms with van der Waals surface area (Å²) in [6.45, 7) is 8.07. The van der Waals surface area contributed by atoms with Gasteiger partial charge >= 0.3 is 0 Å². The maximum atomic E-state index is 12.8. The first-order chi connectivity index (χ1) is 12.0. The van der Waals surface area contributed by atoms with E-state index in [-0.39, 0.29) is 11.9 Å². The van der Waals surface area contributed by atoms with Gasteiger partial charge in [-0.05, 0) is 56.5 Å². The van der Waals surface area contributed by atoms with Crippen molar-refractivity contribution in [2.45, 2.75) is 40.2 Å². The molecule has 3 aromatic rings. The molecule has 0 saturated heterocycles. The first-order valence-corrected chi connectivity index (χ1v) is 8.52. The molecule has 0 spiro atoms. The summed E-state index contributed by atoms with van der Waals surface area (Å²) in [4.78, 5) is 12.8. The van der Waals surface area contributed by atoms with Crippen molar-refractivity contribution in [2.24, 2.45) is 0 Å². The summed E-state index contributed by atoms with van der Waals surface area (Å²) in [5.74, 6) is 0.502. The van der Waals surface area contributed by atoms with Crippen LogP contribution >= 0.6 is 0 Å². The Labute approximate surface area is 147 Å². The van der Waals surface area contributed by atoms with Gasteiger partial charge in [-0.1, -0.05) is 19.1 Å². The molecule has 3 rings (SSSR count). The van der Waals surface area contributed by atoms with Gasteiger partial charge in [0.15, 0.2) is 5.76 Å². The Hall–Kier alpha value is -2.82. The Morgan fingerprint density at radius 2 is 2.08 bits per heavy atom. The third kappa shape index (κ3) is 3.50. The Balaban J connectivity index is 2.12. The van der Waals surface area contributed by atoms with E-state index in [4.69, 9.17) is 4.42 Å². The van der Waals surface area contributed by atoms with Crippen LogP contribution in [0.1, 0.15) is 41.9 Å². The van der Waals surface area contributed by atoms with Gasteiger partial charge in [0.1, 0.15) is 11.4 Å². The highest BCUT2D eigenvalue weighted by Gasteiger charge is 2.20. The van der Waals surface area contributed by atoms with Gasteiger partial charge in [-0.3, -0.25) is 4.79 Å². The van der Waals surface area contributed by atoms with E-state index in [0.29, 0.717) is 17.1 Å². The van der Waals surface area contributed by atoms with Gasteiger partial charge in [0.25, 0.3) is 5.91 Å². The van der Waals surface area contributed by atoms with Crippen molar-refractivity contribution in [2.75, 3.05) is 0 Å². The van der Waals surface area contributed by atoms with Crippen molar-refractivity contribution < 1.29 is 9.21 Å². The van der Waals surface area contributed by atoms with Gasteiger partial charge in [-0.2, -0.15) is 5.10 Å². The summed E-state index contributed by atoms with van der Waals surface area (Å²) < 4.78 is 7.16. The number of nitrogens with zero attached hydrogens (tertiary/aromatic N) is 2. The number of aromatic nitrogens is 2. The van der Waals surface area contributed by atoms with E-state index >= 15 is 0 Å². The standard InChI is InChI=1S/C20H23N3O2/c1-5-15(4)21-20(24)18-12-16(19-7-6-10-25-19)22-23(18)17-11-13(2)8-9-14(17)3/h6-12,15H,5H2,1-4H3,(H,21,24)/t15-/m1/s1. The number of rotatable bonds is 5. The highest BCUT2D eigenvalue weighted by molar-refractivity contribution is 5.94. The number of carbonyl (C=O) groups excluding carboxylic acids is 1. The lowest BCUT2D eigenvalue weighted by Gasteiger charge is -2.14. The van der Waals surface area contributed by atoms with Crippen LogP contribution in [0.25, 0.3) is 17.1 Å². The molecule has 2 aromatic heterocycles. The summed E-state index contributed by atoms with van der Waals surface area (Å²) in [5, 5.41) is 7.66. The average Bonchev–Trinajstić information content (AvgIpc) is 3.25. The Morgan fingerprint density at radius 3 is 2.76 bits per heavy atom. The van der Waals surface area contributed by atoms with Crippen molar-refractivity contribution in [3.63, 3.8) is 0 Å². The molecular weight excluding hydrogens is 314 g/mol. The van der Waals surface area contributed by atoms with Crippen LogP contribution in [0.15, 0.2) is 47.1 Å². The minimum atomic E-state index is -0.138. The Kier molecular flexibility index (Phi) is 4.74. The van der Waals surface area contributed by atoms with Crippen molar-refractivity contribution in [1.29, 1.82) is 0 Å². The van der Waals surface area contributed by atoms with E-state index < -0.39 is 0 Å². The predicted octanol–water partition coefficient (Wildman–Crippen LogP) is 4.28. The van der Waals surface area contributed by atoms with Crippen LogP contribution in [0.3, 0.4) is 0 Å². The van der Waals surface area contributed by atoms with Gasteiger partial charge in [-0.25, -0.2) is 4.68 Å². The normalized spacial score (nSPS) is 12.2. The fourth-order valence-corrected chi connectivity index (χ4v) is 2.62. The second-order valence-corrected chi connectivity index (χ2v) is 6.38. The molecule has 25 heavy (non-hydrogen) atoms. The number of benzene rings is 1. The van der Waals surface area contributed by atoms with E-state index in [2.05, 4.69) is 16.5 Å². The fourth-order valence-electron chi connectivity index (χ4n) is 2.62. The fraction of sp³-hybridized carbons (Fsp3) is 0.300. The number of nitrogens with one attached hydrogen (secondary N) is 1. The number of amides is 1. The largest absolute Gasteiger partial charge is 0.463 e. The molecule has 2 heterocycles. The maximum Gasteiger partial charge on any atom is 0.270 e. The second-order valence-electron chi connectivity index (χ2n) is 6.38. The lowest BCUT2D eigenvalue weighted by Crippen LogP contribution is -2.33. The monoisotopic (exact) mass is 337 g/mol. The minimum absolute atomic E-state index is 0.0986. The van der Waals surface area contributed by atoms with E-state index in [9.17, 15) is 4.79 Å². The van der Waals surface area contributed by atoms with Crippen LogP contribution in [-0.2, 0) is 0 Å². The molecule has 0 radical (unpaired) electrons. The molecule has 0 bridgehead atoms. The molecule has 0 aliphatic carbocycles. The first-order valence-electron chi connectivity index (χ1n) is 8.52. The van der Waals surface area contributed by atoms with E-state index in [1.54, 1.807) is 17.0 Å². The van der Waals surface area contributed by atoms with E-state index in [0.717, 1.165) is 23.2 Å². The van der Waals surface area contributed by atoms with Crippen LogP contribution in [0.5, 0.6) is 0 Å². The molecule has 1 N–H and O–H groups in total. The molecule has 130 valence electrons. The summed E-state index contributed by atoms with van der Waals surface area (Å²) in [7, 11) is 0. The summed E-state index contributed by atoms with van der Waals surface area (Å²) in [6, 6.07) is 11.6. The SMILES string of the molecule is CC[C@@H](C)NC(=O)c1cc(-c2ccco2)nn1-c1cc(C)ccc1C. The van der Waals surface area contributed by atoms with Crippen molar-refractivity contribution in [1.82, 2.24) is 15.1 Å². The molecule has 0 saturated carbocycles.